The van der Waals surface area contributed by atoms with E-state index in [1.54, 1.807) is 12.1 Å². The molecule has 1 heterocycles. The van der Waals surface area contributed by atoms with E-state index < -0.39 is 17.9 Å². The highest BCUT2D eigenvalue weighted by Crippen LogP contribution is 2.37. The summed E-state index contributed by atoms with van der Waals surface area (Å²) in [6.45, 7) is 2.37. The number of carbonyl (C=O) groups excluding carboxylic acids is 2. The molecule has 1 aromatic heterocycles. The zero-order valence-electron chi connectivity index (χ0n) is 10.7. The van der Waals surface area contributed by atoms with Gasteiger partial charge in [0.15, 0.2) is 11.4 Å². The SMILES string of the molecule is CC(=O)Oc1cccc2[nH]c(C(=O)O)c(OC(C)=O)c12. The quantitative estimate of drug-likeness (QED) is 0.653. The van der Waals surface area contributed by atoms with E-state index in [0.717, 1.165) is 6.92 Å². The number of aromatic carboxylic acids is 1. The molecule has 20 heavy (non-hydrogen) atoms. The predicted molar refractivity (Wildman–Crippen MR) is 67.9 cm³/mol. The van der Waals surface area contributed by atoms with E-state index in [2.05, 4.69) is 4.98 Å². The standard InChI is InChI=1S/C13H11NO6/c1-6(15)19-9-5-3-4-8-10(9)12(20-7(2)16)11(14-8)13(17)18/h3-5,14H,1-2H3,(H,17,18). The monoisotopic (exact) mass is 277 g/mol. The van der Waals surface area contributed by atoms with Gasteiger partial charge in [0.05, 0.1) is 10.9 Å². The molecule has 7 nitrogen and oxygen atoms in total. The van der Waals surface area contributed by atoms with Gasteiger partial charge in [0.1, 0.15) is 5.75 Å². The smallest absolute Gasteiger partial charge is 0.356 e. The molecular formula is C13H11NO6. The highest BCUT2D eigenvalue weighted by molar-refractivity contribution is 6.04. The molecular weight excluding hydrogens is 266 g/mol. The second-order valence-electron chi connectivity index (χ2n) is 4.00. The highest BCUT2D eigenvalue weighted by Gasteiger charge is 2.23. The minimum atomic E-state index is -1.29. The number of aromatic nitrogens is 1. The molecule has 0 saturated carbocycles. The zero-order chi connectivity index (χ0) is 14.9. The van der Waals surface area contributed by atoms with Gasteiger partial charge in [-0.15, -0.1) is 0 Å². The Morgan fingerprint density at radius 1 is 1.10 bits per heavy atom. The van der Waals surface area contributed by atoms with Gasteiger partial charge in [-0.2, -0.15) is 0 Å². The van der Waals surface area contributed by atoms with Crippen molar-refractivity contribution in [3.8, 4) is 11.5 Å². The maximum absolute atomic E-state index is 11.2. The number of fused-ring (bicyclic) bond motifs is 1. The van der Waals surface area contributed by atoms with Gasteiger partial charge in [0, 0.05) is 13.8 Å². The van der Waals surface area contributed by atoms with Crippen LogP contribution in [0, 0.1) is 0 Å². The highest BCUT2D eigenvalue weighted by atomic mass is 16.5. The molecule has 7 heteroatoms. The number of carbonyl (C=O) groups is 3. The molecule has 2 rings (SSSR count). The fraction of sp³-hybridized carbons (Fsp3) is 0.154. The summed E-state index contributed by atoms with van der Waals surface area (Å²) in [5.41, 5.74) is 0.104. The van der Waals surface area contributed by atoms with Gasteiger partial charge in [-0.05, 0) is 12.1 Å². The van der Waals surface area contributed by atoms with E-state index >= 15 is 0 Å². The summed E-state index contributed by atoms with van der Waals surface area (Å²) in [4.78, 5) is 36.0. The largest absolute Gasteiger partial charge is 0.476 e. The molecule has 2 aromatic rings. The predicted octanol–water partition coefficient (Wildman–Crippen LogP) is 1.72. The number of esters is 2. The van der Waals surface area contributed by atoms with Crippen molar-refractivity contribution in [1.29, 1.82) is 0 Å². The number of carboxylic acids is 1. The van der Waals surface area contributed by atoms with Gasteiger partial charge >= 0.3 is 17.9 Å². The average Bonchev–Trinajstić information content (AvgIpc) is 2.68. The van der Waals surface area contributed by atoms with Crippen molar-refractivity contribution in [2.75, 3.05) is 0 Å². The Morgan fingerprint density at radius 3 is 2.30 bits per heavy atom. The van der Waals surface area contributed by atoms with Crippen molar-refractivity contribution >= 4 is 28.8 Å². The minimum Gasteiger partial charge on any atom is -0.476 e. The summed E-state index contributed by atoms with van der Waals surface area (Å²) in [6, 6.07) is 4.65. The van der Waals surface area contributed by atoms with Gasteiger partial charge in [0.2, 0.25) is 0 Å². The van der Waals surface area contributed by atoms with E-state index in [0.29, 0.717) is 5.52 Å². The molecule has 0 aliphatic heterocycles. The first kappa shape index (κ1) is 13.6. The third-order valence-corrected chi connectivity index (χ3v) is 2.45. The maximum Gasteiger partial charge on any atom is 0.356 e. The number of carboxylic acid groups (broad SMARTS) is 1. The lowest BCUT2D eigenvalue weighted by molar-refractivity contribution is -0.132. The van der Waals surface area contributed by atoms with Crippen molar-refractivity contribution in [1.82, 2.24) is 4.98 Å². The molecule has 0 saturated heterocycles. The molecule has 0 radical (unpaired) electrons. The molecule has 0 fully saturated rings. The molecule has 0 aliphatic carbocycles. The Bertz CT molecular complexity index is 715. The van der Waals surface area contributed by atoms with Crippen molar-refractivity contribution < 1.29 is 29.0 Å². The normalized spacial score (nSPS) is 10.3. The van der Waals surface area contributed by atoms with Crippen LogP contribution < -0.4 is 9.47 Å². The van der Waals surface area contributed by atoms with Crippen LogP contribution in [0.1, 0.15) is 24.3 Å². The van der Waals surface area contributed by atoms with Crippen molar-refractivity contribution in [3.63, 3.8) is 0 Å². The van der Waals surface area contributed by atoms with Crippen LogP contribution in [-0.2, 0) is 9.59 Å². The number of ether oxygens (including phenoxy) is 2. The van der Waals surface area contributed by atoms with Gasteiger partial charge < -0.3 is 19.6 Å². The van der Waals surface area contributed by atoms with Crippen molar-refractivity contribution in [3.05, 3.63) is 23.9 Å². The lowest BCUT2D eigenvalue weighted by atomic mass is 10.2. The van der Waals surface area contributed by atoms with E-state index in [1.165, 1.54) is 13.0 Å². The number of benzene rings is 1. The Labute approximate surface area is 113 Å². The van der Waals surface area contributed by atoms with Crippen molar-refractivity contribution in [2.45, 2.75) is 13.8 Å². The summed E-state index contributed by atoms with van der Waals surface area (Å²) >= 11 is 0. The first-order chi connectivity index (χ1) is 9.40. The van der Waals surface area contributed by atoms with Crippen molar-refractivity contribution in [2.24, 2.45) is 0 Å². The first-order valence-electron chi connectivity index (χ1n) is 5.65. The second kappa shape index (κ2) is 5.04. The molecule has 2 N–H and O–H groups in total. The molecule has 0 atom stereocenters. The van der Waals surface area contributed by atoms with Crippen LogP contribution in [0.3, 0.4) is 0 Å². The van der Waals surface area contributed by atoms with Crippen LogP contribution in [0.2, 0.25) is 0 Å². The summed E-state index contributed by atoms with van der Waals surface area (Å²) in [7, 11) is 0. The molecule has 104 valence electrons. The number of H-pyrrole nitrogens is 1. The Kier molecular flexibility index (Phi) is 3.43. The number of nitrogens with one attached hydrogen (secondary N) is 1. The molecule has 0 unspecified atom stereocenters. The number of rotatable bonds is 3. The van der Waals surface area contributed by atoms with Crippen LogP contribution >= 0.6 is 0 Å². The lowest BCUT2D eigenvalue weighted by Gasteiger charge is -2.05. The first-order valence-corrected chi connectivity index (χ1v) is 5.65. The van der Waals surface area contributed by atoms with Gasteiger partial charge in [-0.3, -0.25) is 9.59 Å². The van der Waals surface area contributed by atoms with E-state index in [1.807, 2.05) is 0 Å². The van der Waals surface area contributed by atoms with Crippen LogP contribution in [-0.4, -0.2) is 28.0 Å². The van der Waals surface area contributed by atoms with E-state index in [-0.39, 0.29) is 22.6 Å². The third-order valence-electron chi connectivity index (χ3n) is 2.45. The topological polar surface area (TPSA) is 106 Å². The Hall–Kier alpha value is -2.83. The Balaban J connectivity index is 2.74. The van der Waals surface area contributed by atoms with E-state index in [9.17, 15) is 14.4 Å². The number of hydrogen-bond acceptors (Lipinski definition) is 5. The number of aromatic amines is 1. The van der Waals surface area contributed by atoms with Gasteiger partial charge in [-0.25, -0.2) is 4.79 Å². The molecule has 0 amide bonds. The third kappa shape index (κ3) is 2.46. The fourth-order valence-corrected chi connectivity index (χ4v) is 1.82. The minimum absolute atomic E-state index is 0.120. The van der Waals surface area contributed by atoms with Crippen LogP contribution in [0.5, 0.6) is 11.5 Å². The molecule has 1 aromatic carbocycles. The van der Waals surface area contributed by atoms with Crippen LogP contribution in [0.15, 0.2) is 18.2 Å². The second-order valence-corrected chi connectivity index (χ2v) is 4.00. The summed E-state index contributed by atoms with van der Waals surface area (Å²) in [5.74, 6) is -2.58. The summed E-state index contributed by atoms with van der Waals surface area (Å²) < 4.78 is 9.94. The summed E-state index contributed by atoms with van der Waals surface area (Å²) in [5, 5.41) is 9.35. The molecule has 0 spiro atoms. The van der Waals surface area contributed by atoms with Crippen LogP contribution in [0.25, 0.3) is 10.9 Å². The molecule has 0 aliphatic rings. The zero-order valence-corrected chi connectivity index (χ0v) is 10.7. The fourth-order valence-electron chi connectivity index (χ4n) is 1.82. The van der Waals surface area contributed by atoms with Gasteiger partial charge in [0.25, 0.3) is 0 Å². The average molecular weight is 277 g/mol. The summed E-state index contributed by atoms with van der Waals surface area (Å²) in [6.07, 6.45) is 0. The Morgan fingerprint density at radius 2 is 1.75 bits per heavy atom. The number of hydrogen-bond donors (Lipinski definition) is 2. The van der Waals surface area contributed by atoms with Crippen LogP contribution in [0.4, 0.5) is 0 Å². The van der Waals surface area contributed by atoms with E-state index in [4.69, 9.17) is 14.6 Å². The lowest BCUT2D eigenvalue weighted by Crippen LogP contribution is -2.07. The maximum atomic E-state index is 11.2. The van der Waals surface area contributed by atoms with Gasteiger partial charge in [-0.1, -0.05) is 6.07 Å². The molecule has 0 bridgehead atoms.